The summed E-state index contributed by atoms with van der Waals surface area (Å²) in [7, 11) is 0. The van der Waals surface area contributed by atoms with E-state index in [1.54, 1.807) is 6.07 Å². The Balaban J connectivity index is 1.65. The topological polar surface area (TPSA) is 37.4 Å². The number of benzene rings is 1. The van der Waals surface area contributed by atoms with Gasteiger partial charge in [0.2, 0.25) is 0 Å². The molecule has 0 unspecified atom stereocenters. The van der Waals surface area contributed by atoms with Gasteiger partial charge < -0.3 is 15.0 Å². The first-order chi connectivity index (χ1) is 11.3. The minimum Gasteiger partial charge on any atom is -0.378 e. The number of nitrogens with one attached hydrogen (secondary N) is 1. The van der Waals surface area contributed by atoms with Gasteiger partial charge in [0, 0.05) is 37.9 Å². The van der Waals surface area contributed by atoms with Crippen LogP contribution in [0.15, 0.2) is 36.5 Å². The van der Waals surface area contributed by atoms with Gasteiger partial charge in [-0.25, -0.2) is 4.98 Å². The molecule has 122 valence electrons. The zero-order chi connectivity index (χ0) is 16.1. The zero-order valence-corrected chi connectivity index (χ0v) is 14.3. The third-order valence-electron chi connectivity index (χ3n) is 3.84. The molecule has 0 spiro atoms. The molecule has 3 rings (SSSR count). The summed E-state index contributed by atoms with van der Waals surface area (Å²) in [4.78, 5) is 6.81. The first kappa shape index (κ1) is 16.5. The second-order valence-corrected chi connectivity index (χ2v) is 6.19. The van der Waals surface area contributed by atoms with Crippen LogP contribution in [0.5, 0.6) is 0 Å². The van der Waals surface area contributed by atoms with E-state index >= 15 is 0 Å². The largest absolute Gasteiger partial charge is 0.378 e. The first-order valence-corrected chi connectivity index (χ1v) is 8.41. The van der Waals surface area contributed by atoms with E-state index in [0.717, 1.165) is 44.2 Å². The molecule has 6 heteroatoms. The van der Waals surface area contributed by atoms with Crippen molar-refractivity contribution in [3.63, 3.8) is 0 Å². The molecule has 4 nitrogen and oxygen atoms in total. The Labute approximate surface area is 146 Å². The van der Waals surface area contributed by atoms with E-state index in [0.29, 0.717) is 16.6 Å². The molecule has 1 aromatic carbocycles. The average Bonchev–Trinajstić information content (AvgIpc) is 2.60. The monoisotopic (exact) mass is 351 g/mol. The zero-order valence-electron chi connectivity index (χ0n) is 12.8. The summed E-state index contributed by atoms with van der Waals surface area (Å²) >= 11 is 12.3. The van der Waals surface area contributed by atoms with Crippen molar-refractivity contribution in [3.8, 4) is 0 Å². The summed E-state index contributed by atoms with van der Waals surface area (Å²) in [5.41, 5.74) is 2.17. The lowest BCUT2D eigenvalue weighted by atomic mass is 10.2. The highest BCUT2D eigenvalue weighted by atomic mass is 35.5. The van der Waals surface area contributed by atoms with E-state index in [2.05, 4.69) is 21.3 Å². The molecule has 2 aromatic rings. The summed E-state index contributed by atoms with van der Waals surface area (Å²) in [5, 5.41) is 4.62. The number of anilines is 1. The number of pyridine rings is 1. The van der Waals surface area contributed by atoms with Crippen LogP contribution in [0.1, 0.15) is 11.1 Å². The Morgan fingerprint density at radius 3 is 2.61 bits per heavy atom. The van der Waals surface area contributed by atoms with Crippen LogP contribution >= 0.6 is 23.2 Å². The fourth-order valence-corrected chi connectivity index (χ4v) is 3.03. The van der Waals surface area contributed by atoms with Gasteiger partial charge in [0.1, 0.15) is 5.82 Å². The summed E-state index contributed by atoms with van der Waals surface area (Å²) in [6, 6.07) is 9.75. The highest BCUT2D eigenvalue weighted by Gasteiger charge is 2.15. The van der Waals surface area contributed by atoms with E-state index in [9.17, 15) is 0 Å². The fraction of sp³-hybridized carbons (Fsp3) is 0.353. The molecule has 1 fully saturated rings. The highest BCUT2D eigenvalue weighted by Crippen LogP contribution is 2.25. The van der Waals surface area contributed by atoms with Crippen molar-refractivity contribution in [3.05, 3.63) is 57.7 Å². The normalized spacial score (nSPS) is 15.0. The molecule has 0 atom stereocenters. The molecule has 1 aliphatic heterocycles. The van der Waals surface area contributed by atoms with Crippen molar-refractivity contribution >= 4 is 29.0 Å². The van der Waals surface area contributed by atoms with Gasteiger partial charge in [-0.05, 0) is 17.7 Å². The Morgan fingerprint density at radius 2 is 1.78 bits per heavy atom. The lowest BCUT2D eigenvalue weighted by molar-refractivity contribution is 0.122. The third kappa shape index (κ3) is 4.15. The Kier molecular flexibility index (Phi) is 5.73. The minimum atomic E-state index is 0.585. The molecule has 2 heterocycles. The maximum Gasteiger partial charge on any atom is 0.133 e. The van der Waals surface area contributed by atoms with Crippen molar-refractivity contribution in [2.45, 2.75) is 13.1 Å². The van der Waals surface area contributed by atoms with Crippen LogP contribution in [0.25, 0.3) is 0 Å². The van der Waals surface area contributed by atoms with Gasteiger partial charge in [-0.1, -0.05) is 41.4 Å². The number of morpholine rings is 1. The standard InChI is InChI=1S/C17H19Cl2N3O/c18-15-5-1-3-13(16(15)19)11-20-12-14-4-2-6-21-17(14)22-7-9-23-10-8-22/h1-6,20H,7-12H2. The second-order valence-electron chi connectivity index (χ2n) is 5.40. The van der Waals surface area contributed by atoms with Gasteiger partial charge in [0.25, 0.3) is 0 Å². The number of aromatic nitrogens is 1. The molecular formula is C17H19Cl2N3O. The molecule has 1 N–H and O–H groups in total. The summed E-state index contributed by atoms with van der Waals surface area (Å²) in [6.45, 7) is 4.65. The first-order valence-electron chi connectivity index (χ1n) is 7.66. The van der Waals surface area contributed by atoms with Gasteiger partial charge >= 0.3 is 0 Å². The number of rotatable bonds is 5. The SMILES string of the molecule is Clc1cccc(CNCc2cccnc2N2CCOCC2)c1Cl. The molecule has 1 saturated heterocycles. The van der Waals surface area contributed by atoms with Crippen molar-refractivity contribution in [1.29, 1.82) is 0 Å². The van der Waals surface area contributed by atoms with E-state index < -0.39 is 0 Å². The van der Waals surface area contributed by atoms with Crippen LogP contribution in [-0.2, 0) is 17.8 Å². The predicted octanol–water partition coefficient (Wildman–Crippen LogP) is 3.51. The van der Waals surface area contributed by atoms with Gasteiger partial charge in [0.15, 0.2) is 0 Å². The third-order valence-corrected chi connectivity index (χ3v) is 4.70. The van der Waals surface area contributed by atoms with Crippen molar-refractivity contribution in [2.75, 3.05) is 31.2 Å². The number of ether oxygens (including phenoxy) is 1. The van der Waals surface area contributed by atoms with E-state index in [-0.39, 0.29) is 0 Å². The van der Waals surface area contributed by atoms with Crippen LogP contribution in [-0.4, -0.2) is 31.3 Å². The maximum absolute atomic E-state index is 6.22. The fourth-order valence-electron chi connectivity index (χ4n) is 2.64. The van der Waals surface area contributed by atoms with Crippen LogP contribution in [0.2, 0.25) is 10.0 Å². The maximum atomic E-state index is 6.22. The Hall–Kier alpha value is -1.33. The Morgan fingerprint density at radius 1 is 1.04 bits per heavy atom. The molecule has 0 amide bonds. The van der Waals surface area contributed by atoms with Gasteiger partial charge in [-0.3, -0.25) is 0 Å². The number of hydrogen-bond donors (Lipinski definition) is 1. The lowest BCUT2D eigenvalue weighted by Crippen LogP contribution is -2.37. The van der Waals surface area contributed by atoms with Crippen molar-refractivity contribution in [1.82, 2.24) is 10.3 Å². The highest BCUT2D eigenvalue weighted by molar-refractivity contribution is 6.42. The van der Waals surface area contributed by atoms with E-state index in [1.807, 2.05) is 24.4 Å². The van der Waals surface area contributed by atoms with Crippen LogP contribution in [0.4, 0.5) is 5.82 Å². The summed E-state index contributed by atoms with van der Waals surface area (Å²) in [5.74, 6) is 1.03. The van der Waals surface area contributed by atoms with Crippen LogP contribution in [0.3, 0.4) is 0 Å². The van der Waals surface area contributed by atoms with Crippen molar-refractivity contribution in [2.24, 2.45) is 0 Å². The number of nitrogens with zero attached hydrogens (tertiary/aromatic N) is 2. The summed E-state index contributed by atoms with van der Waals surface area (Å²) < 4.78 is 5.41. The molecule has 0 bridgehead atoms. The summed E-state index contributed by atoms with van der Waals surface area (Å²) in [6.07, 6.45) is 1.84. The quantitative estimate of drug-likeness (QED) is 0.894. The van der Waals surface area contributed by atoms with Gasteiger partial charge in [-0.15, -0.1) is 0 Å². The van der Waals surface area contributed by atoms with Crippen molar-refractivity contribution < 1.29 is 4.74 Å². The average molecular weight is 352 g/mol. The lowest BCUT2D eigenvalue weighted by Gasteiger charge is -2.29. The molecule has 0 aliphatic carbocycles. The molecule has 0 saturated carbocycles. The predicted molar refractivity (Wildman–Crippen MR) is 94.3 cm³/mol. The van der Waals surface area contributed by atoms with Crippen LogP contribution < -0.4 is 10.2 Å². The van der Waals surface area contributed by atoms with Gasteiger partial charge in [0.05, 0.1) is 23.3 Å². The molecule has 1 aliphatic rings. The second kappa shape index (κ2) is 7.97. The number of halogens is 2. The molecule has 1 aromatic heterocycles. The van der Waals surface area contributed by atoms with Crippen LogP contribution in [0, 0.1) is 0 Å². The molecule has 0 radical (unpaired) electrons. The van der Waals surface area contributed by atoms with E-state index in [4.69, 9.17) is 27.9 Å². The minimum absolute atomic E-state index is 0.585. The number of hydrogen-bond acceptors (Lipinski definition) is 4. The smallest absolute Gasteiger partial charge is 0.133 e. The Bertz CT molecular complexity index is 660. The molecule has 23 heavy (non-hydrogen) atoms. The molecular weight excluding hydrogens is 333 g/mol. The van der Waals surface area contributed by atoms with Gasteiger partial charge in [-0.2, -0.15) is 0 Å². The van der Waals surface area contributed by atoms with E-state index in [1.165, 1.54) is 5.56 Å².